The molecule has 1 aromatic heterocycles. The van der Waals surface area contributed by atoms with Gasteiger partial charge in [-0.05, 0) is 56.4 Å². The van der Waals surface area contributed by atoms with Crippen molar-refractivity contribution in [3.63, 3.8) is 0 Å². The van der Waals surface area contributed by atoms with E-state index in [0.29, 0.717) is 5.92 Å². The summed E-state index contributed by atoms with van der Waals surface area (Å²) in [6.45, 7) is 2.08. The maximum Gasteiger partial charge on any atom is 0.329 e. The summed E-state index contributed by atoms with van der Waals surface area (Å²) < 4.78 is 7.19. The van der Waals surface area contributed by atoms with E-state index in [4.69, 9.17) is 4.74 Å². The van der Waals surface area contributed by atoms with Gasteiger partial charge < -0.3 is 14.2 Å². The van der Waals surface area contributed by atoms with Gasteiger partial charge >= 0.3 is 5.97 Å². The summed E-state index contributed by atoms with van der Waals surface area (Å²) in [7, 11) is 3.62. The third-order valence-corrected chi connectivity index (χ3v) is 4.58. The van der Waals surface area contributed by atoms with Crippen LogP contribution in [-0.4, -0.2) is 42.7 Å². The molecule has 1 fully saturated rings. The Morgan fingerprint density at radius 3 is 2.67 bits per heavy atom. The maximum absolute atomic E-state index is 12.4. The van der Waals surface area contributed by atoms with Crippen molar-refractivity contribution < 1.29 is 9.53 Å². The van der Waals surface area contributed by atoms with Crippen LogP contribution in [0, 0.1) is 5.92 Å². The van der Waals surface area contributed by atoms with E-state index in [9.17, 15) is 4.79 Å². The number of hydrogen-bond donors (Lipinski definition) is 0. The number of nitrogens with zero attached hydrogens (tertiary/aromatic N) is 2. The largest absolute Gasteiger partial charge is 0.467 e. The molecule has 0 spiro atoms. The minimum atomic E-state index is -0.219. The van der Waals surface area contributed by atoms with Crippen molar-refractivity contribution in [1.29, 1.82) is 0 Å². The van der Waals surface area contributed by atoms with E-state index in [1.165, 1.54) is 12.5 Å². The lowest BCUT2D eigenvalue weighted by Gasteiger charge is -2.34. The third kappa shape index (κ3) is 2.68. The summed E-state index contributed by atoms with van der Waals surface area (Å²) in [5.74, 6) is 0.204. The smallest absolute Gasteiger partial charge is 0.329 e. The van der Waals surface area contributed by atoms with E-state index in [1.807, 2.05) is 18.3 Å². The van der Waals surface area contributed by atoms with Crippen LogP contribution in [0.5, 0.6) is 0 Å². The summed E-state index contributed by atoms with van der Waals surface area (Å²) in [6.07, 6.45) is 4.08. The highest BCUT2D eigenvalue weighted by Crippen LogP contribution is 2.32. The highest BCUT2D eigenvalue weighted by molar-refractivity contribution is 5.83. The number of esters is 1. The van der Waals surface area contributed by atoms with Gasteiger partial charge in [0.2, 0.25) is 0 Å². The monoisotopic (exact) mass is 286 g/mol. The molecule has 4 heteroatoms. The molecule has 1 aliphatic rings. The highest BCUT2D eigenvalue weighted by atomic mass is 16.5. The first-order valence-electron chi connectivity index (χ1n) is 7.52. The fourth-order valence-electron chi connectivity index (χ4n) is 3.35. The average Bonchev–Trinajstić information content (AvgIpc) is 2.93. The van der Waals surface area contributed by atoms with E-state index in [-0.39, 0.29) is 12.0 Å². The fourth-order valence-corrected chi connectivity index (χ4v) is 3.35. The molecule has 3 rings (SSSR count). The van der Waals surface area contributed by atoms with Crippen LogP contribution in [0.15, 0.2) is 36.5 Å². The molecule has 2 aromatic rings. The van der Waals surface area contributed by atoms with E-state index < -0.39 is 0 Å². The number of likely N-dealkylation sites (tertiary alicyclic amines) is 1. The second-order valence-corrected chi connectivity index (χ2v) is 5.89. The van der Waals surface area contributed by atoms with Crippen LogP contribution in [0.3, 0.4) is 0 Å². The molecule has 0 unspecified atom stereocenters. The molecular formula is C17H22N2O2. The molecular weight excluding hydrogens is 264 g/mol. The summed E-state index contributed by atoms with van der Waals surface area (Å²) in [6, 6.07) is 10.0. The molecule has 1 aliphatic heterocycles. The molecule has 2 heterocycles. The van der Waals surface area contributed by atoms with Crippen LogP contribution in [-0.2, 0) is 9.53 Å². The Bertz CT molecular complexity index is 627. The first kappa shape index (κ1) is 14.1. The van der Waals surface area contributed by atoms with Crippen LogP contribution in [0.1, 0.15) is 18.9 Å². The minimum absolute atomic E-state index is 0.133. The maximum atomic E-state index is 12.4. The molecule has 0 saturated carbocycles. The van der Waals surface area contributed by atoms with Crippen molar-refractivity contribution in [2.45, 2.75) is 18.9 Å². The number of benzene rings is 1. The van der Waals surface area contributed by atoms with Gasteiger partial charge in [0, 0.05) is 11.7 Å². The lowest BCUT2D eigenvalue weighted by Crippen LogP contribution is -2.37. The topological polar surface area (TPSA) is 34.5 Å². The molecule has 0 N–H and O–H groups in total. The van der Waals surface area contributed by atoms with Crippen molar-refractivity contribution >= 4 is 16.9 Å². The number of aromatic nitrogens is 1. The average molecular weight is 286 g/mol. The molecule has 112 valence electrons. The van der Waals surface area contributed by atoms with Gasteiger partial charge in [0.05, 0.1) is 7.11 Å². The first-order chi connectivity index (χ1) is 10.2. The Kier molecular flexibility index (Phi) is 3.97. The number of para-hydroxylation sites is 1. The van der Waals surface area contributed by atoms with Crippen LogP contribution in [0.4, 0.5) is 0 Å². The Balaban J connectivity index is 1.97. The fraction of sp³-hybridized carbons (Fsp3) is 0.471. The second kappa shape index (κ2) is 5.90. The zero-order valence-corrected chi connectivity index (χ0v) is 12.7. The van der Waals surface area contributed by atoms with Crippen LogP contribution < -0.4 is 0 Å². The molecule has 1 atom stereocenters. The van der Waals surface area contributed by atoms with E-state index in [2.05, 4.69) is 34.7 Å². The van der Waals surface area contributed by atoms with E-state index in [0.717, 1.165) is 31.4 Å². The van der Waals surface area contributed by atoms with Gasteiger partial charge in [-0.15, -0.1) is 0 Å². The van der Waals surface area contributed by atoms with E-state index >= 15 is 0 Å². The van der Waals surface area contributed by atoms with Crippen LogP contribution >= 0.6 is 0 Å². The van der Waals surface area contributed by atoms with Crippen LogP contribution in [0.25, 0.3) is 10.9 Å². The Labute approximate surface area is 125 Å². The molecule has 0 bridgehead atoms. The summed E-state index contributed by atoms with van der Waals surface area (Å²) in [4.78, 5) is 14.7. The summed E-state index contributed by atoms with van der Waals surface area (Å²) >= 11 is 0. The zero-order chi connectivity index (χ0) is 14.8. The SMILES string of the molecule is COC(=O)[C@H](C1CCN(C)CC1)n1ccc2ccccc21. The lowest BCUT2D eigenvalue weighted by atomic mass is 9.89. The standard InChI is InChI=1S/C17H22N2O2/c1-18-10-7-14(8-11-18)16(17(20)21-2)19-12-9-13-5-3-4-6-15(13)19/h3-6,9,12,14,16H,7-8,10-11H2,1-2H3/t16-/m0/s1. The normalized spacial score (nSPS) is 18.8. The molecule has 1 saturated heterocycles. The van der Waals surface area contributed by atoms with E-state index in [1.54, 1.807) is 0 Å². The molecule has 4 nitrogen and oxygen atoms in total. The minimum Gasteiger partial charge on any atom is -0.467 e. The number of carbonyl (C=O) groups is 1. The van der Waals surface area contributed by atoms with Gasteiger partial charge in [-0.3, -0.25) is 0 Å². The van der Waals surface area contributed by atoms with Gasteiger partial charge in [-0.25, -0.2) is 4.79 Å². The predicted octanol–water partition coefficient (Wildman–Crippen LogP) is 2.70. The zero-order valence-electron chi connectivity index (χ0n) is 12.7. The summed E-state index contributed by atoms with van der Waals surface area (Å²) in [5, 5.41) is 1.17. The molecule has 1 aromatic carbocycles. The third-order valence-electron chi connectivity index (χ3n) is 4.58. The van der Waals surface area contributed by atoms with Crippen molar-refractivity contribution in [3.05, 3.63) is 36.5 Å². The predicted molar refractivity (Wildman–Crippen MR) is 83.2 cm³/mol. The number of fused-ring (bicyclic) bond motifs is 1. The number of carbonyl (C=O) groups excluding carboxylic acids is 1. The number of ether oxygens (including phenoxy) is 1. The number of rotatable bonds is 3. The number of hydrogen-bond acceptors (Lipinski definition) is 3. The quantitative estimate of drug-likeness (QED) is 0.814. The van der Waals surface area contributed by atoms with Crippen molar-refractivity contribution in [2.75, 3.05) is 27.2 Å². The van der Waals surface area contributed by atoms with Gasteiger partial charge in [0.15, 0.2) is 0 Å². The number of piperidine rings is 1. The first-order valence-corrected chi connectivity index (χ1v) is 7.52. The summed E-state index contributed by atoms with van der Waals surface area (Å²) in [5.41, 5.74) is 1.10. The molecule has 21 heavy (non-hydrogen) atoms. The molecule has 0 aliphatic carbocycles. The number of methoxy groups -OCH3 is 1. The highest BCUT2D eigenvalue weighted by Gasteiger charge is 2.33. The van der Waals surface area contributed by atoms with Gasteiger partial charge in [0.1, 0.15) is 6.04 Å². The Morgan fingerprint density at radius 1 is 1.24 bits per heavy atom. The van der Waals surface area contributed by atoms with Crippen molar-refractivity contribution in [1.82, 2.24) is 9.47 Å². The lowest BCUT2D eigenvalue weighted by molar-refractivity contribution is -0.146. The Hall–Kier alpha value is -1.81. The van der Waals surface area contributed by atoms with Crippen molar-refractivity contribution in [2.24, 2.45) is 5.92 Å². The van der Waals surface area contributed by atoms with Crippen LogP contribution in [0.2, 0.25) is 0 Å². The Morgan fingerprint density at radius 2 is 1.95 bits per heavy atom. The molecule has 0 radical (unpaired) electrons. The second-order valence-electron chi connectivity index (χ2n) is 5.89. The van der Waals surface area contributed by atoms with Crippen molar-refractivity contribution in [3.8, 4) is 0 Å². The van der Waals surface area contributed by atoms with Gasteiger partial charge in [-0.2, -0.15) is 0 Å². The molecule has 0 amide bonds. The van der Waals surface area contributed by atoms with Gasteiger partial charge in [-0.1, -0.05) is 18.2 Å². The van der Waals surface area contributed by atoms with Gasteiger partial charge in [0.25, 0.3) is 0 Å².